The van der Waals surface area contributed by atoms with Crippen LogP contribution in [-0.4, -0.2) is 9.61 Å². The lowest BCUT2D eigenvalue weighted by Crippen LogP contribution is -1.89. The molecule has 0 saturated heterocycles. The van der Waals surface area contributed by atoms with E-state index in [9.17, 15) is 4.39 Å². The first-order valence-corrected chi connectivity index (χ1v) is 5.27. The van der Waals surface area contributed by atoms with Gasteiger partial charge in [0.1, 0.15) is 5.82 Å². The number of rotatable bonds is 0. The zero-order chi connectivity index (χ0) is 10.7. The zero-order valence-corrected chi connectivity index (χ0v) is 9.97. The molecule has 0 bridgehead atoms. The number of hydrogen-bond acceptors (Lipinski definition) is 1. The molecule has 0 N–H and O–H groups in total. The summed E-state index contributed by atoms with van der Waals surface area (Å²) in [5.41, 5.74) is 1.94. The van der Waals surface area contributed by atoms with Gasteiger partial charge in [0, 0.05) is 4.47 Å². The molecule has 0 radical (unpaired) electrons. The van der Waals surface area contributed by atoms with Crippen LogP contribution in [0.1, 0.15) is 19.4 Å². The fraction of sp³-hybridized carbons (Fsp3) is 0.300. The van der Waals surface area contributed by atoms with Gasteiger partial charge in [0.05, 0.1) is 17.9 Å². The molecule has 2 rings (SSSR count). The molecular formula is C10H12BrFN2. The van der Waals surface area contributed by atoms with Crippen LogP contribution in [0, 0.1) is 12.7 Å². The third kappa shape index (κ3) is 1.95. The highest BCUT2D eigenvalue weighted by Crippen LogP contribution is 2.21. The molecule has 0 saturated carbocycles. The maximum Gasteiger partial charge on any atom is 0.142 e. The maximum atomic E-state index is 12.8. The van der Waals surface area contributed by atoms with Crippen molar-refractivity contribution in [1.29, 1.82) is 0 Å². The van der Waals surface area contributed by atoms with Crippen molar-refractivity contribution in [2.45, 2.75) is 20.8 Å². The summed E-state index contributed by atoms with van der Waals surface area (Å²) < 4.78 is 15.1. The van der Waals surface area contributed by atoms with Crippen LogP contribution in [0.3, 0.4) is 0 Å². The standard InChI is InChI=1S/C8H6BrFN2.C2H6/c1-5-3-11-12-4-6(10)2-7(9)8(5)12;1-2/h2-4H,1H3;1-2H3. The molecule has 4 heteroatoms. The van der Waals surface area contributed by atoms with Crippen LogP contribution in [0.2, 0.25) is 0 Å². The van der Waals surface area contributed by atoms with Crippen LogP contribution in [-0.2, 0) is 0 Å². The van der Waals surface area contributed by atoms with Crippen LogP contribution in [0.15, 0.2) is 22.9 Å². The van der Waals surface area contributed by atoms with Gasteiger partial charge < -0.3 is 0 Å². The van der Waals surface area contributed by atoms with E-state index in [0.29, 0.717) is 0 Å². The van der Waals surface area contributed by atoms with Crippen LogP contribution >= 0.6 is 15.9 Å². The highest BCUT2D eigenvalue weighted by molar-refractivity contribution is 9.10. The molecule has 0 atom stereocenters. The summed E-state index contributed by atoms with van der Waals surface area (Å²) in [6.45, 7) is 5.94. The van der Waals surface area contributed by atoms with E-state index in [1.54, 1.807) is 6.20 Å². The normalized spacial score (nSPS) is 9.79. The van der Waals surface area contributed by atoms with Crippen molar-refractivity contribution < 1.29 is 4.39 Å². The van der Waals surface area contributed by atoms with E-state index >= 15 is 0 Å². The average Bonchev–Trinajstić information content (AvgIpc) is 2.51. The van der Waals surface area contributed by atoms with Gasteiger partial charge in [-0.15, -0.1) is 0 Å². The van der Waals surface area contributed by atoms with Gasteiger partial charge >= 0.3 is 0 Å². The van der Waals surface area contributed by atoms with Gasteiger partial charge in [-0.05, 0) is 34.5 Å². The summed E-state index contributed by atoms with van der Waals surface area (Å²) >= 11 is 3.28. The van der Waals surface area contributed by atoms with Gasteiger partial charge in [-0.3, -0.25) is 0 Å². The predicted octanol–water partition coefficient (Wildman–Crippen LogP) is 3.57. The van der Waals surface area contributed by atoms with Gasteiger partial charge in [-0.2, -0.15) is 5.10 Å². The van der Waals surface area contributed by atoms with Crippen molar-refractivity contribution in [2.24, 2.45) is 0 Å². The Morgan fingerprint density at radius 1 is 1.43 bits per heavy atom. The molecule has 0 aromatic carbocycles. The minimum atomic E-state index is -0.294. The minimum absolute atomic E-state index is 0.294. The molecule has 76 valence electrons. The average molecular weight is 259 g/mol. The van der Waals surface area contributed by atoms with E-state index in [0.717, 1.165) is 15.6 Å². The Morgan fingerprint density at radius 3 is 2.71 bits per heavy atom. The Bertz CT molecular complexity index is 437. The molecule has 0 unspecified atom stereocenters. The molecule has 0 aliphatic carbocycles. The number of pyridine rings is 1. The van der Waals surface area contributed by atoms with E-state index < -0.39 is 0 Å². The number of fused-ring (bicyclic) bond motifs is 1. The summed E-state index contributed by atoms with van der Waals surface area (Å²) in [5.74, 6) is -0.294. The monoisotopic (exact) mass is 258 g/mol. The molecule has 0 aliphatic rings. The first-order valence-electron chi connectivity index (χ1n) is 4.47. The molecule has 2 nitrogen and oxygen atoms in total. The molecule has 14 heavy (non-hydrogen) atoms. The highest BCUT2D eigenvalue weighted by atomic mass is 79.9. The second kappa shape index (κ2) is 4.55. The van der Waals surface area contributed by atoms with Gasteiger partial charge in [0.25, 0.3) is 0 Å². The topological polar surface area (TPSA) is 17.3 Å². The van der Waals surface area contributed by atoms with Crippen LogP contribution in [0.5, 0.6) is 0 Å². The largest absolute Gasteiger partial charge is 0.237 e. The van der Waals surface area contributed by atoms with Crippen molar-refractivity contribution >= 4 is 21.4 Å². The number of aryl methyl sites for hydroxylation is 1. The van der Waals surface area contributed by atoms with Crippen LogP contribution < -0.4 is 0 Å². The molecule has 2 heterocycles. The van der Waals surface area contributed by atoms with Crippen molar-refractivity contribution in [3.05, 3.63) is 34.3 Å². The van der Waals surface area contributed by atoms with E-state index in [1.165, 1.54) is 16.8 Å². The lowest BCUT2D eigenvalue weighted by molar-refractivity contribution is 0.613. The second-order valence-corrected chi connectivity index (χ2v) is 3.48. The first kappa shape index (κ1) is 11.2. The number of halogens is 2. The zero-order valence-electron chi connectivity index (χ0n) is 8.38. The molecular weight excluding hydrogens is 247 g/mol. The Kier molecular flexibility index (Phi) is 3.63. The van der Waals surface area contributed by atoms with Crippen LogP contribution in [0.25, 0.3) is 5.52 Å². The Balaban J connectivity index is 0.000000461. The summed E-state index contributed by atoms with van der Waals surface area (Å²) in [6.07, 6.45) is 3.06. The van der Waals surface area contributed by atoms with Gasteiger partial charge in [0.15, 0.2) is 0 Å². The highest BCUT2D eigenvalue weighted by Gasteiger charge is 2.05. The fourth-order valence-electron chi connectivity index (χ4n) is 1.19. The lowest BCUT2D eigenvalue weighted by Gasteiger charge is -1.97. The fourth-order valence-corrected chi connectivity index (χ4v) is 1.90. The Labute approximate surface area is 90.9 Å². The third-order valence-electron chi connectivity index (χ3n) is 1.71. The van der Waals surface area contributed by atoms with Crippen molar-refractivity contribution in [3.8, 4) is 0 Å². The molecule has 2 aromatic heterocycles. The lowest BCUT2D eigenvalue weighted by atomic mass is 10.3. The molecule has 2 aromatic rings. The third-order valence-corrected chi connectivity index (χ3v) is 2.32. The van der Waals surface area contributed by atoms with E-state index in [2.05, 4.69) is 21.0 Å². The minimum Gasteiger partial charge on any atom is -0.237 e. The number of aromatic nitrogens is 2. The summed E-state index contributed by atoms with van der Waals surface area (Å²) in [6, 6.07) is 1.43. The summed E-state index contributed by atoms with van der Waals surface area (Å²) in [7, 11) is 0. The molecule has 0 spiro atoms. The molecule has 0 amide bonds. The quantitative estimate of drug-likeness (QED) is 0.707. The SMILES string of the molecule is CC.Cc1cnn2cc(F)cc(Br)c12. The van der Waals surface area contributed by atoms with Crippen molar-refractivity contribution in [2.75, 3.05) is 0 Å². The van der Waals surface area contributed by atoms with Crippen LogP contribution in [0.4, 0.5) is 4.39 Å². The summed E-state index contributed by atoms with van der Waals surface area (Å²) in [5, 5.41) is 3.99. The second-order valence-electron chi connectivity index (χ2n) is 2.63. The predicted molar refractivity (Wildman–Crippen MR) is 58.9 cm³/mol. The smallest absolute Gasteiger partial charge is 0.142 e. The molecule has 0 fully saturated rings. The van der Waals surface area contributed by atoms with Gasteiger partial charge in [-0.25, -0.2) is 8.91 Å². The van der Waals surface area contributed by atoms with E-state index in [1.807, 2.05) is 20.8 Å². The Hall–Kier alpha value is -0.900. The summed E-state index contributed by atoms with van der Waals surface area (Å²) in [4.78, 5) is 0. The van der Waals surface area contributed by atoms with E-state index in [4.69, 9.17) is 0 Å². The van der Waals surface area contributed by atoms with Gasteiger partial charge in [-0.1, -0.05) is 13.8 Å². The number of hydrogen-bond donors (Lipinski definition) is 0. The maximum absolute atomic E-state index is 12.8. The van der Waals surface area contributed by atoms with Crippen molar-refractivity contribution in [1.82, 2.24) is 9.61 Å². The Morgan fingerprint density at radius 2 is 2.07 bits per heavy atom. The van der Waals surface area contributed by atoms with Crippen molar-refractivity contribution in [3.63, 3.8) is 0 Å². The van der Waals surface area contributed by atoms with Gasteiger partial charge in [0.2, 0.25) is 0 Å². The van der Waals surface area contributed by atoms with E-state index in [-0.39, 0.29) is 5.82 Å². The number of nitrogens with zero attached hydrogens (tertiary/aromatic N) is 2. The molecule has 0 aliphatic heterocycles. The first-order chi connectivity index (χ1) is 6.68.